The summed E-state index contributed by atoms with van der Waals surface area (Å²) in [5.74, 6) is 0.211. The number of carbonyl (C=O) groups excluding carboxylic acids is 1. The van der Waals surface area contributed by atoms with Gasteiger partial charge in [-0.05, 0) is 13.5 Å². The summed E-state index contributed by atoms with van der Waals surface area (Å²) >= 11 is 0. The maximum absolute atomic E-state index is 11.5. The molecule has 0 saturated carbocycles. The molecule has 0 bridgehead atoms. The van der Waals surface area contributed by atoms with Crippen LogP contribution in [0.5, 0.6) is 0 Å². The summed E-state index contributed by atoms with van der Waals surface area (Å²) in [6.07, 6.45) is 4.04. The summed E-state index contributed by atoms with van der Waals surface area (Å²) < 4.78 is 0. The lowest BCUT2D eigenvalue weighted by Gasteiger charge is -2.28. The van der Waals surface area contributed by atoms with Gasteiger partial charge in [0.15, 0.2) is 0 Å². The number of likely N-dealkylation sites (N-methyl/N-ethyl adjacent to an activating group) is 1. The van der Waals surface area contributed by atoms with Crippen molar-refractivity contribution in [3.63, 3.8) is 0 Å². The van der Waals surface area contributed by atoms with E-state index in [4.69, 9.17) is 0 Å². The summed E-state index contributed by atoms with van der Waals surface area (Å²) in [6.45, 7) is 6.35. The molecule has 1 rings (SSSR count). The van der Waals surface area contributed by atoms with Crippen LogP contribution in [-0.2, 0) is 4.79 Å². The fraction of sp³-hybridized carbons (Fsp3) is 0.909. The molecule has 0 aliphatic carbocycles. The molecule has 2 N–H and O–H groups in total. The molecule has 96 valence electrons. The van der Waals surface area contributed by atoms with Gasteiger partial charge in [0.1, 0.15) is 13.1 Å². The Morgan fingerprint density at radius 1 is 1.31 bits per heavy atom. The molecule has 1 fully saturated rings. The van der Waals surface area contributed by atoms with Gasteiger partial charge in [0.25, 0.3) is 5.91 Å². The fourth-order valence-electron chi connectivity index (χ4n) is 1.81. The molecule has 4 nitrogen and oxygen atoms in total. The molecule has 1 aliphatic heterocycles. The number of quaternary nitrogens is 1. The molecular weight excluding hydrogens is 226 g/mol. The lowest BCUT2D eigenvalue weighted by atomic mass is 10.2. The summed E-state index contributed by atoms with van der Waals surface area (Å²) in [5, 5.41) is 1.23. The number of nitrogens with zero attached hydrogens (tertiary/aromatic N) is 1. The van der Waals surface area contributed by atoms with Crippen LogP contribution in [0.2, 0.25) is 0 Å². The van der Waals surface area contributed by atoms with Gasteiger partial charge < -0.3 is 12.4 Å². The van der Waals surface area contributed by atoms with Crippen molar-refractivity contribution in [2.75, 3.05) is 33.2 Å². The number of unbranched alkanes of at least 4 members (excludes halogenated alkanes) is 2. The zero-order valence-corrected chi connectivity index (χ0v) is 11.1. The van der Waals surface area contributed by atoms with E-state index in [1.54, 1.807) is 0 Å². The van der Waals surface area contributed by atoms with E-state index in [9.17, 15) is 4.79 Å². The molecule has 16 heavy (non-hydrogen) atoms. The van der Waals surface area contributed by atoms with Crippen LogP contribution in [0, 0.1) is 0 Å². The van der Waals surface area contributed by atoms with Crippen molar-refractivity contribution >= 4 is 5.91 Å². The second-order valence-electron chi connectivity index (χ2n) is 4.41. The Hall–Kier alpha value is -0.320. The van der Waals surface area contributed by atoms with Crippen LogP contribution in [0.25, 0.3) is 0 Å². The Kier molecular flexibility index (Phi) is 8.61. The zero-order valence-electron chi connectivity index (χ0n) is 10.4. The Balaban J connectivity index is 0.00000225. The van der Waals surface area contributed by atoms with Gasteiger partial charge in [-0.1, -0.05) is 19.8 Å². The van der Waals surface area contributed by atoms with Crippen molar-refractivity contribution < 1.29 is 22.2 Å². The van der Waals surface area contributed by atoms with Crippen LogP contribution >= 0.6 is 0 Å². The highest BCUT2D eigenvalue weighted by molar-refractivity contribution is 5.74. The van der Waals surface area contributed by atoms with Crippen LogP contribution in [0.15, 0.2) is 0 Å². The monoisotopic (exact) mass is 249 g/mol. The average molecular weight is 250 g/mol. The van der Waals surface area contributed by atoms with Crippen molar-refractivity contribution in [3.8, 4) is 0 Å². The minimum Gasteiger partial charge on any atom is -1.00 e. The van der Waals surface area contributed by atoms with Gasteiger partial charge in [-0.2, -0.15) is 0 Å². The zero-order chi connectivity index (χ0) is 11.1. The Bertz CT molecular complexity index is 194. The third kappa shape index (κ3) is 6.30. The summed E-state index contributed by atoms with van der Waals surface area (Å²) in [4.78, 5) is 13.8. The van der Waals surface area contributed by atoms with E-state index >= 15 is 0 Å². The van der Waals surface area contributed by atoms with Gasteiger partial charge in [-0.25, -0.2) is 10.4 Å². The van der Waals surface area contributed by atoms with Gasteiger partial charge in [0.05, 0.1) is 0 Å². The lowest BCUT2D eigenvalue weighted by Crippen LogP contribution is -3.21. The highest BCUT2D eigenvalue weighted by atomic mass is 35.5. The molecular formula is C11H24ClN3O. The van der Waals surface area contributed by atoms with E-state index in [0.29, 0.717) is 6.42 Å². The topological polar surface area (TPSA) is 36.8 Å². The Morgan fingerprint density at radius 2 is 1.94 bits per heavy atom. The van der Waals surface area contributed by atoms with Crippen LogP contribution in [0.1, 0.15) is 32.6 Å². The van der Waals surface area contributed by atoms with Crippen LogP contribution < -0.4 is 22.8 Å². The molecule has 0 aromatic carbocycles. The van der Waals surface area contributed by atoms with Gasteiger partial charge >= 0.3 is 0 Å². The van der Waals surface area contributed by atoms with Gasteiger partial charge in [-0.15, -0.1) is 0 Å². The number of hydrogen-bond donors (Lipinski definition) is 2. The number of nitrogens with one attached hydrogen (secondary N) is 2. The molecule has 1 aliphatic rings. The minimum absolute atomic E-state index is 0. The molecule has 5 heteroatoms. The number of halogens is 1. The number of hydrogen-bond acceptors (Lipinski definition) is 2. The second kappa shape index (κ2) is 8.79. The predicted octanol–water partition coefficient (Wildman–Crippen LogP) is -3.57. The van der Waals surface area contributed by atoms with Crippen LogP contribution in [-0.4, -0.2) is 44.0 Å². The number of piperazine rings is 1. The molecule has 0 aromatic rings. The normalized spacial score (nSPS) is 17.9. The number of rotatable bonds is 5. The first-order valence-electron chi connectivity index (χ1n) is 6.05. The molecule has 0 radical (unpaired) electrons. The number of carbonyl (C=O) groups is 1. The average Bonchev–Trinajstić information content (AvgIpc) is 2.22. The highest BCUT2D eigenvalue weighted by Crippen LogP contribution is 1.97. The van der Waals surface area contributed by atoms with E-state index in [-0.39, 0.29) is 18.3 Å². The van der Waals surface area contributed by atoms with Crippen molar-refractivity contribution in [2.45, 2.75) is 32.6 Å². The molecule has 0 spiro atoms. The van der Waals surface area contributed by atoms with Gasteiger partial charge in [0, 0.05) is 19.5 Å². The molecule has 0 unspecified atom stereocenters. The summed E-state index contributed by atoms with van der Waals surface area (Å²) in [7, 11) is 2.12. The van der Waals surface area contributed by atoms with Gasteiger partial charge in [0.2, 0.25) is 0 Å². The summed E-state index contributed by atoms with van der Waals surface area (Å²) in [5.41, 5.74) is 3.05. The highest BCUT2D eigenvalue weighted by Gasteiger charge is 2.18. The van der Waals surface area contributed by atoms with Gasteiger partial charge in [-0.3, -0.25) is 9.69 Å². The maximum atomic E-state index is 11.5. The third-order valence-corrected chi connectivity index (χ3v) is 2.91. The van der Waals surface area contributed by atoms with Crippen molar-refractivity contribution in [1.29, 1.82) is 0 Å². The maximum Gasteiger partial charge on any atom is 0.264 e. The van der Waals surface area contributed by atoms with Crippen molar-refractivity contribution in [1.82, 2.24) is 10.3 Å². The smallest absolute Gasteiger partial charge is 0.264 e. The van der Waals surface area contributed by atoms with Crippen LogP contribution in [0.3, 0.4) is 0 Å². The van der Waals surface area contributed by atoms with E-state index in [2.05, 4.69) is 24.3 Å². The van der Waals surface area contributed by atoms with E-state index in [1.807, 2.05) is 0 Å². The molecule has 1 heterocycles. The second-order valence-corrected chi connectivity index (χ2v) is 4.41. The predicted molar refractivity (Wildman–Crippen MR) is 60.5 cm³/mol. The van der Waals surface area contributed by atoms with E-state index in [1.165, 1.54) is 11.4 Å². The first kappa shape index (κ1) is 15.7. The van der Waals surface area contributed by atoms with Crippen LogP contribution in [0.4, 0.5) is 0 Å². The standard InChI is InChI=1S/C11H23N3O.ClH/c1-3-4-5-6-11(15)12-14-9-7-13(2)8-10-14;/h3-10H2,1-2H3,(H,12,15);1H. The first-order chi connectivity index (χ1) is 7.22. The molecule has 1 saturated heterocycles. The SMILES string of the molecule is CCCCCC(=O)N[NH+]1CCN(C)CC1.[Cl-]. The molecule has 0 atom stereocenters. The Morgan fingerprint density at radius 3 is 2.50 bits per heavy atom. The summed E-state index contributed by atoms with van der Waals surface area (Å²) in [6, 6.07) is 0. The Labute approximate surface area is 105 Å². The van der Waals surface area contributed by atoms with Crippen molar-refractivity contribution in [2.24, 2.45) is 0 Å². The first-order valence-corrected chi connectivity index (χ1v) is 6.05. The minimum atomic E-state index is 0. The van der Waals surface area contributed by atoms with E-state index < -0.39 is 0 Å². The lowest BCUT2D eigenvalue weighted by molar-refractivity contribution is -0.940. The molecule has 1 amide bonds. The largest absolute Gasteiger partial charge is 1.00 e. The number of amides is 1. The van der Waals surface area contributed by atoms with E-state index in [0.717, 1.165) is 39.0 Å². The third-order valence-electron chi connectivity index (χ3n) is 2.91. The van der Waals surface area contributed by atoms with Crippen molar-refractivity contribution in [3.05, 3.63) is 0 Å². The quantitative estimate of drug-likeness (QED) is 0.495. The molecule has 0 aromatic heterocycles. The fourth-order valence-corrected chi connectivity index (χ4v) is 1.81.